The predicted octanol–water partition coefficient (Wildman–Crippen LogP) is 5.16. The fourth-order valence-electron chi connectivity index (χ4n) is 2.98. The molecule has 0 N–H and O–H groups in total. The van der Waals surface area contributed by atoms with Gasteiger partial charge in [0.15, 0.2) is 0 Å². The summed E-state index contributed by atoms with van der Waals surface area (Å²) < 4.78 is 0. The third-order valence-electron chi connectivity index (χ3n) is 4.22. The Morgan fingerprint density at radius 1 is 0.962 bits per heavy atom. The van der Waals surface area contributed by atoms with Crippen molar-refractivity contribution < 1.29 is 4.92 Å². The number of hydrogen-bond donors (Lipinski definition) is 0. The number of benzene rings is 3. The highest BCUT2D eigenvalue weighted by Crippen LogP contribution is 2.34. The lowest BCUT2D eigenvalue weighted by Crippen LogP contribution is -2.12. The maximum absolute atomic E-state index is 11.5. The maximum Gasteiger partial charge on any atom is 0.295 e. The molecule has 126 valence electrons. The number of hydrogen-bond acceptors (Lipinski definition) is 4. The zero-order valence-corrected chi connectivity index (χ0v) is 14.1. The Hall–Kier alpha value is -3.60. The Labute approximate surface area is 150 Å². The van der Waals surface area contributed by atoms with Crippen molar-refractivity contribution >= 4 is 28.5 Å². The molecule has 0 fully saturated rings. The molecule has 5 heteroatoms. The first-order valence-electron chi connectivity index (χ1n) is 8.21. The third kappa shape index (κ3) is 2.80. The normalized spacial score (nSPS) is 14.2. The van der Waals surface area contributed by atoms with Crippen molar-refractivity contribution in [3.63, 3.8) is 0 Å². The van der Waals surface area contributed by atoms with Crippen LogP contribution in [0.25, 0.3) is 0 Å². The summed E-state index contributed by atoms with van der Waals surface area (Å²) >= 11 is 0. The molecule has 0 aliphatic carbocycles. The summed E-state index contributed by atoms with van der Waals surface area (Å²) in [7, 11) is 0. The predicted molar refractivity (Wildman–Crippen MR) is 103 cm³/mol. The maximum atomic E-state index is 11.5. The molecule has 0 atom stereocenters. The molecular weight excluding hydrogens is 326 g/mol. The first-order chi connectivity index (χ1) is 12.6. The Kier molecular flexibility index (Phi) is 3.89. The van der Waals surface area contributed by atoms with Crippen LogP contribution in [0.5, 0.6) is 0 Å². The van der Waals surface area contributed by atoms with Gasteiger partial charge in [-0.05, 0) is 24.6 Å². The van der Waals surface area contributed by atoms with Gasteiger partial charge in [0.05, 0.1) is 22.0 Å². The van der Waals surface area contributed by atoms with Gasteiger partial charge in [0.1, 0.15) is 5.69 Å². The van der Waals surface area contributed by atoms with E-state index in [2.05, 4.69) is 4.99 Å². The molecule has 0 bridgehead atoms. The van der Waals surface area contributed by atoms with Crippen molar-refractivity contribution in [1.82, 2.24) is 0 Å². The van der Waals surface area contributed by atoms with E-state index in [1.807, 2.05) is 67.6 Å². The minimum Gasteiger partial charge on any atom is -0.258 e. The summed E-state index contributed by atoms with van der Waals surface area (Å²) in [5.74, 6) is 0. The number of aryl methyl sites for hydroxylation is 1. The molecule has 0 saturated heterocycles. The first-order valence-corrected chi connectivity index (χ1v) is 8.21. The van der Waals surface area contributed by atoms with E-state index in [4.69, 9.17) is 4.99 Å². The molecule has 1 aliphatic heterocycles. The summed E-state index contributed by atoms with van der Waals surface area (Å²) in [6.07, 6.45) is 0. The van der Waals surface area contributed by atoms with E-state index >= 15 is 0 Å². The number of aliphatic imine (C=N–C) groups is 2. The van der Waals surface area contributed by atoms with Crippen LogP contribution in [0.2, 0.25) is 0 Å². The lowest BCUT2D eigenvalue weighted by Gasteiger charge is -2.06. The average Bonchev–Trinajstić information content (AvgIpc) is 3.02. The Bertz CT molecular complexity index is 1070. The quantitative estimate of drug-likeness (QED) is 0.488. The van der Waals surface area contributed by atoms with Crippen LogP contribution < -0.4 is 0 Å². The zero-order chi connectivity index (χ0) is 18.1. The minimum atomic E-state index is -0.396. The van der Waals surface area contributed by atoms with Gasteiger partial charge in [-0.1, -0.05) is 54.6 Å². The number of fused-ring (bicyclic) bond motifs is 1. The van der Waals surface area contributed by atoms with E-state index in [0.29, 0.717) is 11.4 Å². The lowest BCUT2D eigenvalue weighted by molar-refractivity contribution is -0.384. The van der Waals surface area contributed by atoms with Crippen molar-refractivity contribution in [2.75, 3.05) is 0 Å². The summed E-state index contributed by atoms with van der Waals surface area (Å²) in [5, 5.41) is 11.5. The van der Waals surface area contributed by atoms with Crippen molar-refractivity contribution in [2.24, 2.45) is 9.98 Å². The lowest BCUT2D eigenvalue weighted by atomic mass is 10.0. The first kappa shape index (κ1) is 15.9. The zero-order valence-electron chi connectivity index (χ0n) is 14.1. The fraction of sp³-hybridized carbons (Fsp3) is 0.0476. The standard InChI is InChI=1S/C21H15N3O2/c1-14-11-12-18(19(13-14)24(25)26)23-21-16-9-5-6-10-17(16)22-20(21)15-7-3-2-4-8-15/h2-13H,1H3. The van der Waals surface area contributed by atoms with Gasteiger partial charge in [-0.2, -0.15) is 0 Å². The molecule has 0 aromatic heterocycles. The minimum absolute atomic E-state index is 0.00528. The average molecular weight is 341 g/mol. The summed E-state index contributed by atoms with van der Waals surface area (Å²) in [6, 6.07) is 22.5. The topological polar surface area (TPSA) is 67.9 Å². The van der Waals surface area contributed by atoms with Crippen molar-refractivity contribution in [2.45, 2.75) is 6.92 Å². The number of rotatable bonds is 3. The molecule has 0 radical (unpaired) electrons. The van der Waals surface area contributed by atoms with Gasteiger partial charge in [-0.15, -0.1) is 0 Å². The van der Waals surface area contributed by atoms with Gasteiger partial charge in [0.2, 0.25) is 0 Å². The molecule has 4 rings (SSSR count). The van der Waals surface area contributed by atoms with Crippen LogP contribution in [-0.4, -0.2) is 16.3 Å². The number of nitrogens with zero attached hydrogens (tertiary/aromatic N) is 3. The molecule has 0 unspecified atom stereocenters. The highest BCUT2D eigenvalue weighted by Gasteiger charge is 2.25. The van der Waals surface area contributed by atoms with Crippen LogP contribution >= 0.6 is 0 Å². The SMILES string of the molecule is Cc1ccc(N=C2C(c3ccccc3)=Nc3ccccc32)c([N+](=O)[O-])c1. The van der Waals surface area contributed by atoms with E-state index < -0.39 is 4.92 Å². The molecule has 0 amide bonds. The summed E-state index contributed by atoms with van der Waals surface area (Å²) in [4.78, 5) is 20.4. The highest BCUT2D eigenvalue weighted by atomic mass is 16.6. The molecule has 5 nitrogen and oxygen atoms in total. The molecule has 0 saturated carbocycles. The van der Waals surface area contributed by atoms with Crippen LogP contribution in [0.4, 0.5) is 17.1 Å². The van der Waals surface area contributed by atoms with Crippen molar-refractivity contribution in [3.8, 4) is 0 Å². The van der Waals surface area contributed by atoms with Gasteiger partial charge < -0.3 is 0 Å². The second-order valence-corrected chi connectivity index (χ2v) is 6.05. The van der Waals surface area contributed by atoms with E-state index in [1.165, 1.54) is 0 Å². The Morgan fingerprint density at radius 2 is 1.69 bits per heavy atom. The van der Waals surface area contributed by atoms with E-state index in [9.17, 15) is 10.1 Å². The van der Waals surface area contributed by atoms with Crippen LogP contribution in [0.3, 0.4) is 0 Å². The molecule has 26 heavy (non-hydrogen) atoms. The van der Waals surface area contributed by atoms with Gasteiger partial charge >= 0.3 is 0 Å². The van der Waals surface area contributed by atoms with E-state index in [1.54, 1.807) is 12.1 Å². The van der Waals surface area contributed by atoms with Gasteiger partial charge in [-0.3, -0.25) is 10.1 Å². The smallest absolute Gasteiger partial charge is 0.258 e. The van der Waals surface area contributed by atoms with Gasteiger partial charge in [-0.25, -0.2) is 9.98 Å². The molecule has 1 heterocycles. The van der Waals surface area contributed by atoms with Crippen LogP contribution in [-0.2, 0) is 0 Å². The van der Waals surface area contributed by atoms with Crippen molar-refractivity contribution in [3.05, 3.63) is 99.6 Å². The number of nitro groups is 1. The molecule has 1 aliphatic rings. The Morgan fingerprint density at radius 3 is 2.46 bits per heavy atom. The molecule has 0 spiro atoms. The van der Waals surface area contributed by atoms with Gasteiger partial charge in [0, 0.05) is 17.2 Å². The second kappa shape index (κ2) is 6.37. The van der Waals surface area contributed by atoms with Crippen molar-refractivity contribution in [1.29, 1.82) is 0 Å². The van der Waals surface area contributed by atoms with E-state index in [0.717, 1.165) is 28.1 Å². The molecule has 3 aromatic carbocycles. The van der Waals surface area contributed by atoms with Gasteiger partial charge in [0.25, 0.3) is 5.69 Å². The number of nitro benzene ring substituents is 1. The Balaban J connectivity index is 1.92. The number of para-hydroxylation sites is 1. The largest absolute Gasteiger partial charge is 0.295 e. The summed E-state index contributed by atoms with van der Waals surface area (Å²) in [5.41, 5.74) is 5.15. The molecule has 3 aromatic rings. The van der Waals surface area contributed by atoms with E-state index in [-0.39, 0.29) is 5.69 Å². The molecular formula is C21H15N3O2. The summed E-state index contributed by atoms with van der Waals surface area (Å²) in [6.45, 7) is 1.83. The monoisotopic (exact) mass is 341 g/mol. The highest BCUT2D eigenvalue weighted by molar-refractivity contribution is 6.57. The van der Waals surface area contributed by atoms with Crippen LogP contribution in [0.1, 0.15) is 16.7 Å². The van der Waals surface area contributed by atoms with Crippen LogP contribution in [0.15, 0.2) is 82.8 Å². The van der Waals surface area contributed by atoms with Crippen LogP contribution in [0, 0.1) is 17.0 Å². The fourth-order valence-corrected chi connectivity index (χ4v) is 2.98. The third-order valence-corrected chi connectivity index (χ3v) is 4.22. The second-order valence-electron chi connectivity index (χ2n) is 6.05.